The molecule has 8 aromatic carbocycles. The molecule has 11 rings (SSSR count). The highest BCUT2D eigenvalue weighted by atomic mass is 16.3. The number of aromatic nitrogens is 3. The van der Waals surface area contributed by atoms with Gasteiger partial charge in [-0.3, -0.25) is 0 Å². The van der Waals surface area contributed by atoms with Gasteiger partial charge in [0, 0.05) is 43.8 Å². The average molecular weight is 724 g/mol. The summed E-state index contributed by atoms with van der Waals surface area (Å²) in [6.45, 7) is 0. The van der Waals surface area contributed by atoms with Gasteiger partial charge in [-0.1, -0.05) is 139 Å². The van der Waals surface area contributed by atoms with Crippen molar-refractivity contribution in [2.75, 3.05) is 0 Å². The molecular formula is C51H31N3O2. The van der Waals surface area contributed by atoms with E-state index in [0.717, 1.165) is 38.6 Å². The van der Waals surface area contributed by atoms with E-state index in [1.807, 2.05) is 146 Å². The first-order valence-corrected chi connectivity index (χ1v) is 18.2. The lowest BCUT2D eigenvalue weighted by Crippen LogP contribution is -2.00. The Morgan fingerprint density at radius 2 is 0.946 bits per heavy atom. The summed E-state index contributed by atoms with van der Waals surface area (Å²) >= 11 is 0. The highest BCUT2D eigenvalue weighted by Gasteiger charge is 2.18. The molecule has 0 unspecified atom stereocenters. The third kappa shape index (κ3) is 5.53. The Bertz CT molecular complexity index is 3540. The fourth-order valence-corrected chi connectivity index (χ4v) is 7.30. The molecule has 0 N–H and O–H groups in total. The number of rotatable bonds is 6. The Balaban J connectivity index is 1.16. The number of benzene rings is 8. The van der Waals surface area contributed by atoms with Crippen molar-refractivity contribution in [2.24, 2.45) is 0 Å². The molecule has 0 saturated carbocycles. The van der Waals surface area contributed by atoms with Gasteiger partial charge in [0.15, 0.2) is 17.5 Å². The molecule has 0 aliphatic rings. The van der Waals surface area contributed by atoms with Crippen LogP contribution in [-0.4, -0.2) is 15.0 Å². The minimum Gasteiger partial charge on any atom is -0.456 e. The van der Waals surface area contributed by atoms with Gasteiger partial charge >= 0.3 is 0 Å². The minimum atomic E-state index is -0.362. The van der Waals surface area contributed by atoms with Crippen LogP contribution >= 0.6 is 0 Å². The zero-order valence-corrected chi connectivity index (χ0v) is 29.6. The lowest BCUT2D eigenvalue weighted by atomic mass is 9.92. The molecule has 0 amide bonds. The molecule has 0 fully saturated rings. The largest absolute Gasteiger partial charge is 0.456 e. The fourth-order valence-electron chi connectivity index (χ4n) is 7.30. The number of furan rings is 2. The van der Waals surface area contributed by atoms with Crippen LogP contribution in [0.5, 0.6) is 0 Å². The van der Waals surface area contributed by atoms with Crippen LogP contribution in [0.2, 0.25) is 0 Å². The monoisotopic (exact) mass is 723 g/mol. The van der Waals surface area contributed by atoms with Gasteiger partial charge in [-0.2, -0.15) is 0 Å². The SMILES string of the molecule is [2H]c1c([2H])c([2H])c2c(oc3c([2H])c(-c4nc(-c5ccccc5)nc(-c5ccc6c(c5)oc5ccccc56)n4)c([2H])c([2H])c32)c1-c1cc(-c2ccccc2)cc(-c2ccccc2)c1. The highest BCUT2D eigenvalue weighted by molar-refractivity contribution is 6.10. The summed E-state index contributed by atoms with van der Waals surface area (Å²) in [6, 6.07) is 46.5. The van der Waals surface area contributed by atoms with Gasteiger partial charge in [0.05, 0.1) is 8.22 Å². The van der Waals surface area contributed by atoms with E-state index in [1.54, 1.807) is 0 Å². The Morgan fingerprint density at radius 3 is 1.66 bits per heavy atom. The molecule has 5 nitrogen and oxygen atoms in total. The molecule has 0 bridgehead atoms. The fraction of sp³-hybridized carbons (Fsp3) is 0. The van der Waals surface area contributed by atoms with Crippen LogP contribution in [0.4, 0.5) is 0 Å². The van der Waals surface area contributed by atoms with E-state index in [-0.39, 0.29) is 81.0 Å². The lowest BCUT2D eigenvalue weighted by Gasteiger charge is -2.11. The summed E-state index contributed by atoms with van der Waals surface area (Å²) in [5.74, 6) is 0.555. The van der Waals surface area contributed by atoms with Crippen LogP contribution < -0.4 is 0 Å². The molecular weight excluding hydrogens is 687 g/mol. The summed E-state index contributed by atoms with van der Waals surface area (Å²) in [5.41, 5.74) is 7.04. The van der Waals surface area contributed by atoms with Gasteiger partial charge in [-0.25, -0.2) is 15.0 Å². The third-order valence-corrected chi connectivity index (χ3v) is 10.0. The average Bonchev–Trinajstić information content (AvgIpc) is 3.90. The first kappa shape index (κ1) is 26.2. The van der Waals surface area contributed by atoms with Crippen molar-refractivity contribution < 1.29 is 17.1 Å². The van der Waals surface area contributed by atoms with Crippen molar-refractivity contribution in [1.82, 2.24) is 15.0 Å². The molecule has 0 radical (unpaired) electrons. The van der Waals surface area contributed by atoms with Gasteiger partial charge in [0.1, 0.15) is 22.3 Å². The van der Waals surface area contributed by atoms with E-state index in [1.165, 1.54) is 0 Å². The first-order valence-electron chi connectivity index (χ1n) is 21.2. The topological polar surface area (TPSA) is 65.0 Å². The molecule has 0 aliphatic carbocycles. The highest BCUT2D eigenvalue weighted by Crippen LogP contribution is 2.40. The second kappa shape index (κ2) is 13.0. The number of para-hydroxylation sites is 2. The summed E-state index contributed by atoms with van der Waals surface area (Å²) < 4.78 is 68.7. The van der Waals surface area contributed by atoms with Crippen molar-refractivity contribution in [3.05, 3.63) is 188 Å². The van der Waals surface area contributed by atoms with Gasteiger partial charge in [-0.15, -0.1) is 0 Å². The lowest BCUT2D eigenvalue weighted by molar-refractivity contribution is 0.669. The molecule has 0 spiro atoms. The predicted octanol–water partition coefficient (Wildman–Crippen LogP) is 13.7. The third-order valence-electron chi connectivity index (χ3n) is 10.0. The first-order chi connectivity index (χ1) is 30.2. The maximum atomic E-state index is 9.65. The molecule has 5 heteroatoms. The zero-order chi connectivity index (χ0) is 42.2. The summed E-state index contributed by atoms with van der Waals surface area (Å²) in [7, 11) is 0. The van der Waals surface area contributed by atoms with E-state index in [0.29, 0.717) is 28.1 Å². The maximum Gasteiger partial charge on any atom is 0.164 e. The predicted molar refractivity (Wildman–Crippen MR) is 227 cm³/mol. The number of fused-ring (bicyclic) bond motifs is 6. The van der Waals surface area contributed by atoms with Crippen LogP contribution in [0.15, 0.2) is 197 Å². The molecule has 3 aromatic heterocycles. The quantitative estimate of drug-likeness (QED) is 0.171. The maximum absolute atomic E-state index is 9.65. The van der Waals surface area contributed by atoms with E-state index in [2.05, 4.69) is 6.07 Å². The molecule has 262 valence electrons. The van der Waals surface area contributed by atoms with Gasteiger partial charge in [-0.05, 0) is 76.3 Å². The second-order valence-electron chi connectivity index (χ2n) is 13.5. The van der Waals surface area contributed by atoms with E-state index in [4.69, 9.17) is 26.5 Å². The Hall–Kier alpha value is -7.63. The van der Waals surface area contributed by atoms with E-state index >= 15 is 0 Å². The minimum absolute atomic E-state index is 0.0128. The second-order valence-corrected chi connectivity index (χ2v) is 13.5. The number of nitrogens with zero attached hydrogens (tertiary/aromatic N) is 3. The normalized spacial score (nSPS) is 13.1. The van der Waals surface area contributed by atoms with Crippen LogP contribution in [-0.2, 0) is 0 Å². The molecule has 56 heavy (non-hydrogen) atoms. The summed E-state index contributed by atoms with van der Waals surface area (Å²) in [4.78, 5) is 14.5. The Morgan fingerprint density at radius 1 is 0.357 bits per heavy atom. The van der Waals surface area contributed by atoms with E-state index in [9.17, 15) is 5.48 Å². The Kier molecular flexibility index (Phi) is 6.10. The van der Waals surface area contributed by atoms with Crippen LogP contribution in [0, 0.1) is 0 Å². The van der Waals surface area contributed by atoms with Crippen LogP contribution in [0.1, 0.15) is 8.22 Å². The standard InChI is InChI=1S/C51H31N3O2/c1-4-13-32(14-5-1)37-27-38(33-15-6-2-7-16-33)29-39(28-37)40-20-12-21-44-43-26-24-36(31-47(43)56-48(40)44)51-53-49(34-17-8-3-9-18-34)52-50(54-51)35-23-25-42-41-19-10-11-22-45(41)55-46(42)30-35/h1-31H/i12D,20D,21D,24D,26D,31D. The van der Waals surface area contributed by atoms with Gasteiger partial charge in [0.25, 0.3) is 0 Å². The zero-order valence-electron chi connectivity index (χ0n) is 35.6. The molecule has 3 heterocycles. The van der Waals surface area contributed by atoms with Crippen LogP contribution in [0.3, 0.4) is 0 Å². The smallest absolute Gasteiger partial charge is 0.164 e. The summed E-state index contributed by atoms with van der Waals surface area (Å²) in [5, 5.41) is 2.03. The van der Waals surface area contributed by atoms with Crippen molar-refractivity contribution >= 4 is 43.9 Å². The molecule has 11 aromatic rings. The molecule has 0 atom stereocenters. The Labute approximate surface area is 330 Å². The van der Waals surface area contributed by atoms with Gasteiger partial charge in [0.2, 0.25) is 0 Å². The number of hydrogen-bond acceptors (Lipinski definition) is 5. The van der Waals surface area contributed by atoms with Gasteiger partial charge < -0.3 is 8.83 Å². The van der Waals surface area contributed by atoms with Crippen molar-refractivity contribution in [3.8, 4) is 67.5 Å². The van der Waals surface area contributed by atoms with Crippen molar-refractivity contribution in [1.29, 1.82) is 0 Å². The summed E-state index contributed by atoms with van der Waals surface area (Å²) in [6.07, 6.45) is 0. The van der Waals surface area contributed by atoms with Crippen molar-refractivity contribution in [2.45, 2.75) is 0 Å². The van der Waals surface area contributed by atoms with Crippen molar-refractivity contribution in [3.63, 3.8) is 0 Å². The number of hydrogen-bond donors (Lipinski definition) is 0. The van der Waals surface area contributed by atoms with E-state index < -0.39 is 0 Å². The van der Waals surface area contributed by atoms with Crippen LogP contribution in [0.25, 0.3) is 111 Å². The molecule has 0 aliphatic heterocycles. The molecule has 0 saturated heterocycles.